The van der Waals surface area contributed by atoms with Gasteiger partial charge in [0.25, 0.3) is 0 Å². The number of imidazole rings is 1. The van der Waals surface area contributed by atoms with Gasteiger partial charge in [0.05, 0.1) is 24.7 Å². The number of likely N-dealkylation sites (tertiary alicyclic amines) is 1. The van der Waals surface area contributed by atoms with Crippen molar-refractivity contribution in [1.29, 1.82) is 0 Å². The second-order valence-electron chi connectivity index (χ2n) is 9.63. The lowest BCUT2D eigenvalue weighted by Gasteiger charge is -2.30. The summed E-state index contributed by atoms with van der Waals surface area (Å²) in [5.74, 6) is 0.477. The third-order valence-electron chi connectivity index (χ3n) is 7.04. The lowest BCUT2D eigenvalue weighted by atomic mass is 9.96. The number of hydrogen-bond acceptors (Lipinski definition) is 8. The molecule has 1 aliphatic rings. The molecule has 0 spiro atoms. The molecule has 0 aliphatic carbocycles. The predicted octanol–water partition coefficient (Wildman–Crippen LogP) is 5.50. The SMILES string of the molecule is COC(=O)c1cc(OC(F)F)c2nc(CN3CCC(c4nccc(OCc5ccc(Cl)cc5F)n4)CC3)n(C)c2c1. The maximum Gasteiger partial charge on any atom is 0.387 e. The van der Waals surface area contributed by atoms with Crippen LogP contribution in [0, 0.1) is 5.82 Å². The molecule has 41 heavy (non-hydrogen) atoms. The zero-order valence-electron chi connectivity index (χ0n) is 22.3. The van der Waals surface area contributed by atoms with Crippen LogP contribution < -0.4 is 9.47 Å². The molecule has 1 saturated heterocycles. The number of rotatable bonds is 9. The van der Waals surface area contributed by atoms with Gasteiger partial charge in [0.15, 0.2) is 5.75 Å². The highest BCUT2D eigenvalue weighted by Crippen LogP contribution is 2.31. The molecular weight excluding hydrogens is 563 g/mol. The van der Waals surface area contributed by atoms with Gasteiger partial charge in [-0.2, -0.15) is 13.8 Å². The van der Waals surface area contributed by atoms with Gasteiger partial charge >= 0.3 is 12.6 Å². The van der Waals surface area contributed by atoms with Crippen LogP contribution in [0.3, 0.4) is 0 Å². The number of aryl methyl sites for hydroxylation is 1. The van der Waals surface area contributed by atoms with Gasteiger partial charge in [-0.1, -0.05) is 17.7 Å². The standard InChI is InChI=1S/C28H27ClF3N5O4/c1-36-21-11-18(27(38)39-2)12-22(41-28(31)32)25(21)34-23(36)14-37-9-6-16(7-10-37)26-33-8-5-24(35-26)40-15-17-3-4-19(29)13-20(17)30/h3-5,8,11-13,16,28H,6-7,9-10,14-15H2,1-2H3. The molecular formula is C28H27ClF3N5O4. The molecule has 216 valence electrons. The minimum absolute atomic E-state index is 0.0150. The van der Waals surface area contributed by atoms with Crippen molar-refractivity contribution >= 4 is 28.6 Å². The summed E-state index contributed by atoms with van der Waals surface area (Å²) in [6.45, 7) is -1.13. The molecule has 4 aromatic rings. The average molecular weight is 590 g/mol. The van der Waals surface area contributed by atoms with Crippen LogP contribution in [0.25, 0.3) is 11.0 Å². The zero-order valence-corrected chi connectivity index (χ0v) is 23.1. The van der Waals surface area contributed by atoms with Crippen LogP contribution in [0.1, 0.15) is 46.3 Å². The molecule has 0 atom stereocenters. The number of methoxy groups -OCH3 is 1. The molecule has 2 aromatic carbocycles. The summed E-state index contributed by atoms with van der Waals surface area (Å²) >= 11 is 5.81. The lowest BCUT2D eigenvalue weighted by Crippen LogP contribution is -2.33. The molecule has 3 heterocycles. The van der Waals surface area contributed by atoms with Crippen LogP contribution in [-0.4, -0.2) is 57.2 Å². The second kappa shape index (κ2) is 12.3. The predicted molar refractivity (Wildman–Crippen MR) is 144 cm³/mol. The summed E-state index contributed by atoms with van der Waals surface area (Å²) in [6, 6.07) is 8.82. The number of benzene rings is 2. The summed E-state index contributed by atoms with van der Waals surface area (Å²) in [4.78, 5) is 27.8. The topological polar surface area (TPSA) is 91.6 Å². The van der Waals surface area contributed by atoms with Gasteiger partial charge in [0.1, 0.15) is 29.6 Å². The van der Waals surface area contributed by atoms with E-state index in [2.05, 4.69) is 24.6 Å². The van der Waals surface area contributed by atoms with Gasteiger partial charge in [-0.05, 0) is 50.2 Å². The van der Waals surface area contributed by atoms with Gasteiger partial charge in [0, 0.05) is 35.8 Å². The highest BCUT2D eigenvalue weighted by atomic mass is 35.5. The fourth-order valence-corrected chi connectivity index (χ4v) is 5.00. The zero-order chi connectivity index (χ0) is 29.1. The molecule has 0 N–H and O–H groups in total. The van der Waals surface area contributed by atoms with Gasteiger partial charge in [0.2, 0.25) is 5.88 Å². The van der Waals surface area contributed by atoms with Gasteiger partial charge < -0.3 is 18.8 Å². The number of aromatic nitrogens is 4. The Kier molecular flexibility index (Phi) is 8.60. The largest absolute Gasteiger partial charge is 0.473 e. The van der Waals surface area contributed by atoms with E-state index in [1.807, 2.05) is 0 Å². The summed E-state index contributed by atoms with van der Waals surface area (Å²) < 4.78 is 57.1. The van der Waals surface area contributed by atoms with Crippen molar-refractivity contribution in [3.05, 3.63) is 76.2 Å². The molecule has 9 nitrogen and oxygen atoms in total. The molecule has 0 unspecified atom stereocenters. The van der Waals surface area contributed by atoms with E-state index >= 15 is 0 Å². The first kappa shape index (κ1) is 28.6. The molecule has 2 aromatic heterocycles. The van der Waals surface area contributed by atoms with Crippen molar-refractivity contribution in [3.63, 3.8) is 0 Å². The third kappa shape index (κ3) is 6.54. The van der Waals surface area contributed by atoms with Crippen molar-refractivity contribution < 1.29 is 32.2 Å². The van der Waals surface area contributed by atoms with E-state index in [9.17, 15) is 18.0 Å². The third-order valence-corrected chi connectivity index (χ3v) is 7.27. The van der Waals surface area contributed by atoms with Crippen LogP contribution in [0.15, 0.2) is 42.6 Å². The summed E-state index contributed by atoms with van der Waals surface area (Å²) in [5, 5.41) is 0.316. The number of fused-ring (bicyclic) bond motifs is 1. The van der Waals surface area contributed by atoms with Crippen molar-refractivity contribution in [2.24, 2.45) is 7.05 Å². The number of halogens is 4. The van der Waals surface area contributed by atoms with Crippen molar-refractivity contribution in [2.75, 3.05) is 20.2 Å². The van der Waals surface area contributed by atoms with E-state index in [0.29, 0.717) is 40.2 Å². The normalized spacial score (nSPS) is 14.5. The molecule has 13 heteroatoms. The van der Waals surface area contributed by atoms with Crippen molar-refractivity contribution in [3.8, 4) is 11.6 Å². The summed E-state index contributed by atoms with van der Waals surface area (Å²) in [5.41, 5.74) is 1.20. The first-order valence-electron chi connectivity index (χ1n) is 12.9. The van der Waals surface area contributed by atoms with Crippen LogP contribution in [0.2, 0.25) is 5.02 Å². The Hall–Kier alpha value is -3.90. The molecule has 0 bridgehead atoms. The van der Waals surface area contributed by atoms with Gasteiger partial charge in [-0.3, -0.25) is 4.90 Å². The maximum absolute atomic E-state index is 14.1. The van der Waals surface area contributed by atoms with Crippen molar-refractivity contribution in [1.82, 2.24) is 24.4 Å². The van der Waals surface area contributed by atoms with Crippen LogP contribution in [-0.2, 0) is 24.9 Å². The van der Waals surface area contributed by atoms with Crippen LogP contribution in [0.5, 0.6) is 11.6 Å². The Balaban J connectivity index is 1.24. The van der Waals surface area contributed by atoms with Gasteiger partial charge in [-0.25, -0.2) is 19.2 Å². The van der Waals surface area contributed by atoms with E-state index in [-0.39, 0.29) is 29.4 Å². The molecule has 5 rings (SSSR count). The molecule has 0 radical (unpaired) electrons. The monoisotopic (exact) mass is 589 g/mol. The number of carbonyl (C=O) groups is 1. The number of carbonyl (C=O) groups excluding carboxylic acids is 1. The minimum Gasteiger partial charge on any atom is -0.473 e. The maximum atomic E-state index is 14.1. The number of nitrogens with zero attached hydrogens (tertiary/aromatic N) is 5. The van der Waals surface area contributed by atoms with Crippen molar-refractivity contribution in [2.45, 2.75) is 38.5 Å². The van der Waals surface area contributed by atoms with E-state index in [1.165, 1.54) is 19.2 Å². The molecule has 0 amide bonds. The van der Waals surface area contributed by atoms with E-state index in [1.54, 1.807) is 42.1 Å². The first-order valence-corrected chi connectivity index (χ1v) is 13.2. The number of esters is 1. The molecule has 1 aliphatic heterocycles. The van der Waals surface area contributed by atoms with Crippen LogP contribution >= 0.6 is 11.6 Å². The molecule has 0 saturated carbocycles. The van der Waals surface area contributed by atoms with E-state index in [4.69, 9.17) is 21.1 Å². The Morgan fingerprint density at radius 3 is 2.63 bits per heavy atom. The summed E-state index contributed by atoms with van der Waals surface area (Å²) in [6.07, 6.45) is 3.19. The Bertz CT molecular complexity index is 1560. The minimum atomic E-state index is -3.07. The van der Waals surface area contributed by atoms with Crippen LogP contribution in [0.4, 0.5) is 13.2 Å². The smallest absolute Gasteiger partial charge is 0.387 e. The summed E-state index contributed by atoms with van der Waals surface area (Å²) in [7, 11) is 2.98. The van der Waals surface area contributed by atoms with E-state index < -0.39 is 18.4 Å². The Morgan fingerprint density at radius 1 is 1.15 bits per heavy atom. The lowest BCUT2D eigenvalue weighted by molar-refractivity contribution is -0.0489. The fourth-order valence-electron chi connectivity index (χ4n) is 4.84. The highest BCUT2D eigenvalue weighted by molar-refractivity contribution is 6.30. The highest BCUT2D eigenvalue weighted by Gasteiger charge is 2.25. The van der Waals surface area contributed by atoms with Gasteiger partial charge in [-0.15, -0.1) is 0 Å². The van der Waals surface area contributed by atoms with E-state index in [0.717, 1.165) is 25.9 Å². The average Bonchev–Trinajstić information content (AvgIpc) is 3.27. The quantitative estimate of drug-likeness (QED) is 0.236. The number of hydrogen-bond donors (Lipinski definition) is 0. The fraction of sp³-hybridized carbons (Fsp3) is 0.357. The number of alkyl halides is 2. The number of ether oxygens (including phenoxy) is 3. The Morgan fingerprint density at radius 2 is 1.93 bits per heavy atom. The number of piperidine rings is 1. The second-order valence-corrected chi connectivity index (χ2v) is 10.1. The Labute approximate surface area is 238 Å². The first-order chi connectivity index (χ1) is 19.7. The molecule has 1 fully saturated rings.